The van der Waals surface area contributed by atoms with Crippen LogP contribution in [0.1, 0.15) is 17.2 Å². The van der Waals surface area contributed by atoms with E-state index in [1.807, 2.05) is 66.7 Å². The Labute approximate surface area is 176 Å². The van der Waals surface area contributed by atoms with E-state index < -0.39 is 12.0 Å². The van der Waals surface area contributed by atoms with Crippen LogP contribution in [-0.2, 0) is 16.1 Å². The zero-order valence-electron chi connectivity index (χ0n) is 15.8. The Hall–Kier alpha value is -3.14. The number of carbonyl (C=O) groups excluding carboxylic acids is 1. The fraction of sp³-hybridized carbons (Fsp3) is 0.0800. The van der Waals surface area contributed by atoms with Crippen LogP contribution in [0, 0.1) is 0 Å². The highest BCUT2D eigenvalue weighted by Gasteiger charge is 2.17. The molecule has 0 saturated heterocycles. The minimum Gasteiger partial charge on any atom is -0.459 e. The molecule has 0 aromatic heterocycles. The SMILES string of the molecule is Cl.N[C@H](C(=O)OCc1ccccc1)c1ccc(-c2cccc3ccccc23)cc1. The maximum atomic E-state index is 12.3. The Bertz CT molecular complexity index is 1090. The summed E-state index contributed by atoms with van der Waals surface area (Å²) in [5.74, 6) is -0.429. The first-order valence-corrected chi connectivity index (χ1v) is 9.26. The normalized spacial score (nSPS) is 11.5. The van der Waals surface area contributed by atoms with Gasteiger partial charge in [-0.2, -0.15) is 0 Å². The fourth-order valence-corrected chi connectivity index (χ4v) is 3.30. The number of hydrogen-bond acceptors (Lipinski definition) is 3. The Balaban J connectivity index is 0.00000240. The number of hydrogen-bond donors (Lipinski definition) is 1. The molecule has 0 bridgehead atoms. The molecule has 0 spiro atoms. The zero-order valence-corrected chi connectivity index (χ0v) is 16.6. The molecule has 3 nitrogen and oxygen atoms in total. The topological polar surface area (TPSA) is 52.3 Å². The molecule has 4 aromatic carbocycles. The Morgan fingerprint density at radius 2 is 1.45 bits per heavy atom. The van der Waals surface area contributed by atoms with Crippen LogP contribution < -0.4 is 5.73 Å². The number of nitrogens with two attached hydrogens (primary N) is 1. The molecule has 0 amide bonds. The van der Waals surface area contributed by atoms with Gasteiger partial charge in [0.25, 0.3) is 0 Å². The number of ether oxygens (including phenoxy) is 1. The second-order valence-electron chi connectivity index (χ2n) is 6.72. The van der Waals surface area contributed by atoms with E-state index in [0.29, 0.717) is 0 Å². The summed E-state index contributed by atoms with van der Waals surface area (Å²) in [5, 5.41) is 2.40. The molecule has 0 fully saturated rings. The van der Waals surface area contributed by atoms with Gasteiger partial charge in [-0.1, -0.05) is 97.1 Å². The van der Waals surface area contributed by atoms with Crippen molar-refractivity contribution in [3.63, 3.8) is 0 Å². The molecule has 0 saturated carbocycles. The van der Waals surface area contributed by atoms with Gasteiger partial charge in [-0.15, -0.1) is 12.4 Å². The number of fused-ring (bicyclic) bond motifs is 1. The van der Waals surface area contributed by atoms with Crippen molar-refractivity contribution in [2.45, 2.75) is 12.6 Å². The van der Waals surface area contributed by atoms with Gasteiger partial charge >= 0.3 is 5.97 Å². The molecule has 0 aliphatic rings. The molecule has 29 heavy (non-hydrogen) atoms. The molecule has 2 N–H and O–H groups in total. The minimum absolute atomic E-state index is 0. The maximum Gasteiger partial charge on any atom is 0.327 e. The van der Waals surface area contributed by atoms with Gasteiger partial charge in [0.1, 0.15) is 12.6 Å². The lowest BCUT2D eigenvalue weighted by Gasteiger charge is -2.13. The van der Waals surface area contributed by atoms with E-state index in [2.05, 4.69) is 30.3 Å². The third kappa shape index (κ3) is 4.65. The van der Waals surface area contributed by atoms with Crippen molar-refractivity contribution in [3.8, 4) is 11.1 Å². The van der Waals surface area contributed by atoms with Crippen LogP contribution in [0.15, 0.2) is 97.1 Å². The summed E-state index contributed by atoms with van der Waals surface area (Å²) < 4.78 is 5.35. The Kier molecular flexibility index (Phi) is 6.65. The van der Waals surface area contributed by atoms with Crippen LogP contribution in [0.25, 0.3) is 21.9 Å². The van der Waals surface area contributed by atoms with Crippen molar-refractivity contribution in [2.24, 2.45) is 5.73 Å². The Morgan fingerprint density at radius 3 is 2.21 bits per heavy atom. The van der Waals surface area contributed by atoms with E-state index in [-0.39, 0.29) is 19.0 Å². The molecule has 1 atom stereocenters. The average molecular weight is 404 g/mol. The fourth-order valence-electron chi connectivity index (χ4n) is 3.30. The van der Waals surface area contributed by atoms with Crippen LogP contribution in [0.4, 0.5) is 0 Å². The van der Waals surface area contributed by atoms with Gasteiger partial charge in [0, 0.05) is 0 Å². The lowest BCUT2D eigenvalue weighted by molar-refractivity contribution is -0.146. The summed E-state index contributed by atoms with van der Waals surface area (Å²) in [4.78, 5) is 12.3. The summed E-state index contributed by atoms with van der Waals surface area (Å²) in [6, 6.07) is 31.1. The monoisotopic (exact) mass is 403 g/mol. The van der Waals surface area contributed by atoms with Crippen molar-refractivity contribution in [1.29, 1.82) is 0 Å². The van der Waals surface area contributed by atoms with Crippen LogP contribution in [0.5, 0.6) is 0 Å². The van der Waals surface area contributed by atoms with E-state index in [9.17, 15) is 4.79 Å². The lowest BCUT2D eigenvalue weighted by Crippen LogP contribution is -2.23. The maximum absolute atomic E-state index is 12.3. The smallest absolute Gasteiger partial charge is 0.327 e. The standard InChI is InChI=1S/C25H21NO2.ClH/c26-24(25(27)28-17-18-7-2-1-3-8-18)21-15-13-20(14-16-21)23-12-6-10-19-9-4-5-11-22(19)23;/h1-16,24H,17,26H2;1H/t24-;/m0./s1. The molecule has 0 aliphatic carbocycles. The largest absolute Gasteiger partial charge is 0.459 e. The van der Waals surface area contributed by atoms with Gasteiger partial charge in [-0.05, 0) is 33.0 Å². The van der Waals surface area contributed by atoms with Crippen molar-refractivity contribution in [1.82, 2.24) is 0 Å². The van der Waals surface area contributed by atoms with Gasteiger partial charge in [-0.25, -0.2) is 4.79 Å². The second kappa shape index (κ2) is 9.37. The van der Waals surface area contributed by atoms with Crippen molar-refractivity contribution < 1.29 is 9.53 Å². The van der Waals surface area contributed by atoms with E-state index in [0.717, 1.165) is 22.3 Å². The average Bonchev–Trinajstić information content (AvgIpc) is 2.77. The van der Waals surface area contributed by atoms with Crippen molar-refractivity contribution >= 4 is 29.1 Å². The van der Waals surface area contributed by atoms with Crippen molar-refractivity contribution in [3.05, 3.63) is 108 Å². The van der Waals surface area contributed by atoms with Gasteiger partial charge < -0.3 is 10.5 Å². The molecular weight excluding hydrogens is 382 g/mol. The zero-order chi connectivity index (χ0) is 19.3. The summed E-state index contributed by atoms with van der Waals surface area (Å²) in [7, 11) is 0. The summed E-state index contributed by atoms with van der Waals surface area (Å²) >= 11 is 0. The molecule has 4 heteroatoms. The third-order valence-corrected chi connectivity index (χ3v) is 4.85. The molecule has 4 aromatic rings. The minimum atomic E-state index is -0.801. The van der Waals surface area contributed by atoms with Gasteiger partial charge in [0.2, 0.25) is 0 Å². The summed E-state index contributed by atoms with van der Waals surface area (Å²) in [6.45, 7) is 0.224. The predicted molar refractivity (Wildman–Crippen MR) is 120 cm³/mol. The van der Waals surface area contributed by atoms with Crippen LogP contribution in [0.2, 0.25) is 0 Å². The van der Waals surface area contributed by atoms with E-state index in [4.69, 9.17) is 10.5 Å². The van der Waals surface area contributed by atoms with E-state index in [1.54, 1.807) is 0 Å². The predicted octanol–water partition coefficient (Wildman–Crippen LogP) is 5.67. The quantitative estimate of drug-likeness (QED) is 0.436. The van der Waals surface area contributed by atoms with E-state index >= 15 is 0 Å². The molecule has 0 aliphatic heterocycles. The first-order chi connectivity index (χ1) is 13.7. The number of carbonyl (C=O) groups is 1. The van der Waals surface area contributed by atoms with Crippen LogP contribution >= 0.6 is 12.4 Å². The first-order valence-electron chi connectivity index (χ1n) is 9.26. The van der Waals surface area contributed by atoms with Crippen molar-refractivity contribution in [2.75, 3.05) is 0 Å². The number of benzene rings is 4. The number of esters is 1. The lowest BCUT2D eigenvalue weighted by atomic mass is 9.96. The number of halogens is 1. The third-order valence-electron chi connectivity index (χ3n) is 4.85. The van der Waals surface area contributed by atoms with Crippen LogP contribution in [0.3, 0.4) is 0 Å². The second-order valence-corrected chi connectivity index (χ2v) is 6.72. The highest BCUT2D eigenvalue weighted by molar-refractivity contribution is 5.96. The highest BCUT2D eigenvalue weighted by Crippen LogP contribution is 2.29. The molecule has 146 valence electrons. The molecule has 0 unspecified atom stereocenters. The molecule has 4 rings (SSSR count). The Morgan fingerprint density at radius 1 is 0.793 bits per heavy atom. The first kappa shape index (κ1) is 20.6. The van der Waals surface area contributed by atoms with Gasteiger partial charge in [-0.3, -0.25) is 0 Å². The molecular formula is C25H22ClNO2. The van der Waals surface area contributed by atoms with E-state index in [1.165, 1.54) is 10.8 Å². The van der Waals surface area contributed by atoms with Crippen LogP contribution in [-0.4, -0.2) is 5.97 Å². The molecule has 0 radical (unpaired) electrons. The van der Waals surface area contributed by atoms with Gasteiger partial charge in [0.05, 0.1) is 0 Å². The molecule has 0 heterocycles. The number of rotatable bonds is 5. The highest BCUT2D eigenvalue weighted by atomic mass is 35.5. The summed E-state index contributed by atoms with van der Waals surface area (Å²) in [6.07, 6.45) is 0. The van der Waals surface area contributed by atoms with Gasteiger partial charge in [0.15, 0.2) is 0 Å². The summed E-state index contributed by atoms with van der Waals surface area (Å²) in [5.41, 5.74) is 10.0.